The lowest BCUT2D eigenvalue weighted by Crippen LogP contribution is -2.14. The summed E-state index contributed by atoms with van der Waals surface area (Å²) >= 11 is 0. The minimum absolute atomic E-state index is 0.224. The zero-order chi connectivity index (χ0) is 15.0. The van der Waals surface area contributed by atoms with Crippen LogP contribution in [0.1, 0.15) is 27.9 Å². The van der Waals surface area contributed by atoms with E-state index >= 15 is 0 Å². The molecule has 21 heavy (non-hydrogen) atoms. The van der Waals surface area contributed by atoms with Crippen LogP contribution in [0.4, 0.5) is 5.69 Å². The van der Waals surface area contributed by atoms with Gasteiger partial charge in [-0.2, -0.15) is 4.98 Å². The molecule has 0 bridgehead atoms. The molecule has 7 heteroatoms. The quantitative estimate of drug-likeness (QED) is 0.717. The van der Waals surface area contributed by atoms with Gasteiger partial charge < -0.3 is 20.3 Å². The third-order valence-corrected chi connectivity index (χ3v) is 3.34. The number of methoxy groups -OCH3 is 1. The molecule has 1 atom stereocenters. The van der Waals surface area contributed by atoms with Crippen molar-refractivity contribution in [2.24, 2.45) is 0 Å². The van der Waals surface area contributed by atoms with E-state index in [0.29, 0.717) is 6.42 Å². The first-order valence-electron chi connectivity index (χ1n) is 6.32. The summed E-state index contributed by atoms with van der Waals surface area (Å²) in [5, 5.41) is 22.5. The van der Waals surface area contributed by atoms with Crippen LogP contribution in [0.3, 0.4) is 0 Å². The minimum atomic E-state index is -0.832. The SMILES string of the molecule is COC(=O)c1nc(C2Cc3ccccc3N2)nc(O)c1O. The lowest BCUT2D eigenvalue weighted by Gasteiger charge is -2.12. The fraction of sp³-hybridized carbons (Fsp3) is 0.214. The molecule has 108 valence electrons. The predicted molar refractivity (Wildman–Crippen MR) is 73.2 cm³/mol. The molecule has 0 amide bonds. The van der Waals surface area contributed by atoms with Gasteiger partial charge in [0.25, 0.3) is 5.88 Å². The molecule has 3 N–H and O–H groups in total. The number of aromatic nitrogens is 2. The fourth-order valence-corrected chi connectivity index (χ4v) is 2.31. The molecule has 1 aliphatic rings. The van der Waals surface area contributed by atoms with Gasteiger partial charge in [0.2, 0.25) is 5.75 Å². The standard InChI is InChI=1S/C14H13N3O4/c1-21-14(20)10-11(18)13(19)17-12(16-10)9-6-7-4-2-3-5-8(7)15-9/h2-5,9,15,18H,6H2,1H3,(H,16,17,19). The summed E-state index contributed by atoms with van der Waals surface area (Å²) in [7, 11) is 1.17. The molecule has 3 rings (SSSR count). The second kappa shape index (κ2) is 4.93. The Bertz CT molecular complexity index is 692. The second-order valence-corrected chi connectivity index (χ2v) is 4.65. The fourth-order valence-electron chi connectivity index (χ4n) is 2.31. The Morgan fingerprint density at radius 1 is 1.33 bits per heavy atom. The Kier molecular flexibility index (Phi) is 3.09. The van der Waals surface area contributed by atoms with Crippen LogP contribution in [0, 0.1) is 0 Å². The Hall–Kier alpha value is -2.83. The highest BCUT2D eigenvalue weighted by molar-refractivity contribution is 5.90. The summed E-state index contributed by atoms with van der Waals surface area (Å²) in [4.78, 5) is 19.4. The number of aromatic hydroxyl groups is 2. The number of nitrogens with zero attached hydrogens (tertiary/aromatic N) is 2. The van der Waals surface area contributed by atoms with Crippen molar-refractivity contribution in [2.75, 3.05) is 12.4 Å². The Morgan fingerprint density at radius 2 is 2.10 bits per heavy atom. The van der Waals surface area contributed by atoms with E-state index in [0.717, 1.165) is 11.3 Å². The van der Waals surface area contributed by atoms with Gasteiger partial charge in [-0.05, 0) is 11.6 Å². The normalized spacial score (nSPS) is 16.1. The van der Waals surface area contributed by atoms with E-state index in [2.05, 4.69) is 20.0 Å². The van der Waals surface area contributed by atoms with Crippen LogP contribution in [0.25, 0.3) is 0 Å². The molecule has 0 saturated carbocycles. The van der Waals surface area contributed by atoms with Crippen molar-refractivity contribution >= 4 is 11.7 Å². The van der Waals surface area contributed by atoms with Crippen molar-refractivity contribution in [3.8, 4) is 11.6 Å². The highest BCUT2D eigenvalue weighted by Gasteiger charge is 2.28. The number of ether oxygens (including phenoxy) is 1. The zero-order valence-electron chi connectivity index (χ0n) is 11.2. The van der Waals surface area contributed by atoms with Crippen molar-refractivity contribution in [3.63, 3.8) is 0 Å². The smallest absolute Gasteiger partial charge is 0.360 e. The summed E-state index contributed by atoms with van der Waals surface area (Å²) in [6, 6.07) is 7.46. The zero-order valence-corrected chi connectivity index (χ0v) is 11.2. The molecule has 0 radical (unpaired) electrons. The molecule has 1 unspecified atom stereocenters. The van der Waals surface area contributed by atoms with Gasteiger partial charge in [-0.3, -0.25) is 0 Å². The molecule has 2 heterocycles. The first-order valence-corrected chi connectivity index (χ1v) is 6.32. The van der Waals surface area contributed by atoms with E-state index < -0.39 is 17.6 Å². The maximum Gasteiger partial charge on any atom is 0.360 e. The van der Waals surface area contributed by atoms with Crippen LogP contribution in [0.15, 0.2) is 24.3 Å². The van der Waals surface area contributed by atoms with Crippen molar-refractivity contribution in [3.05, 3.63) is 41.3 Å². The summed E-state index contributed by atoms with van der Waals surface area (Å²) in [6.45, 7) is 0. The molecule has 0 spiro atoms. The van der Waals surface area contributed by atoms with E-state index in [9.17, 15) is 15.0 Å². The summed E-state index contributed by atoms with van der Waals surface area (Å²) in [5.74, 6) is -1.93. The van der Waals surface area contributed by atoms with Crippen molar-refractivity contribution < 1.29 is 19.7 Å². The van der Waals surface area contributed by atoms with Crippen LogP contribution >= 0.6 is 0 Å². The van der Waals surface area contributed by atoms with Gasteiger partial charge in [0.1, 0.15) is 0 Å². The Labute approximate surface area is 120 Å². The van der Waals surface area contributed by atoms with Crippen LogP contribution in [-0.2, 0) is 11.2 Å². The van der Waals surface area contributed by atoms with E-state index in [1.807, 2.05) is 24.3 Å². The average Bonchev–Trinajstić information content (AvgIpc) is 2.93. The molecule has 7 nitrogen and oxygen atoms in total. The minimum Gasteiger partial charge on any atom is -0.501 e. The van der Waals surface area contributed by atoms with Gasteiger partial charge in [-0.1, -0.05) is 18.2 Å². The lowest BCUT2D eigenvalue weighted by atomic mass is 10.1. The van der Waals surface area contributed by atoms with Gasteiger partial charge in [-0.15, -0.1) is 0 Å². The summed E-state index contributed by atoms with van der Waals surface area (Å²) in [6.07, 6.45) is 0.626. The highest BCUT2D eigenvalue weighted by atomic mass is 16.5. The topological polar surface area (TPSA) is 105 Å². The van der Waals surface area contributed by atoms with Crippen LogP contribution in [-0.4, -0.2) is 33.3 Å². The lowest BCUT2D eigenvalue weighted by molar-refractivity contribution is 0.0588. The van der Waals surface area contributed by atoms with Gasteiger partial charge in [0, 0.05) is 12.1 Å². The number of fused-ring (bicyclic) bond motifs is 1. The largest absolute Gasteiger partial charge is 0.501 e. The van der Waals surface area contributed by atoms with Gasteiger partial charge in [0.05, 0.1) is 13.2 Å². The van der Waals surface area contributed by atoms with Gasteiger partial charge in [0.15, 0.2) is 11.5 Å². The number of esters is 1. The van der Waals surface area contributed by atoms with E-state index in [1.165, 1.54) is 7.11 Å². The summed E-state index contributed by atoms with van der Waals surface area (Å²) in [5.41, 5.74) is 1.70. The number of benzene rings is 1. The highest BCUT2D eigenvalue weighted by Crippen LogP contribution is 2.35. The third-order valence-electron chi connectivity index (χ3n) is 3.34. The number of rotatable bonds is 2. The molecule has 0 saturated heterocycles. The number of para-hydroxylation sites is 1. The van der Waals surface area contributed by atoms with Crippen LogP contribution in [0.2, 0.25) is 0 Å². The number of carbonyl (C=O) groups excluding carboxylic acids is 1. The molecule has 1 aromatic carbocycles. The molecule has 1 aliphatic heterocycles. The van der Waals surface area contributed by atoms with Crippen LogP contribution in [0.5, 0.6) is 11.6 Å². The maximum absolute atomic E-state index is 11.6. The number of carbonyl (C=O) groups is 1. The Balaban J connectivity index is 1.98. The summed E-state index contributed by atoms with van der Waals surface area (Å²) < 4.78 is 4.53. The number of nitrogens with one attached hydrogen (secondary N) is 1. The first-order chi connectivity index (χ1) is 10.1. The van der Waals surface area contributed by atoms with Gasteiger partial charge >= 0.3 is 5.97 Å². The van der Waals surface area contributed by atoms with Crippen molar-refractivity contribution in [1.82, 2.24) is 9.97 Å². The van der Waals surface area contributed by atoms with E-state index in [1.54, 1.807) is 0 Å². The number of anilines is 1. The predicted octanol–water partition coefficient (Wildman–Crippen LogP) is 1.38. The molecular weight excluding hydrogens is 274 g/mol. The third kappa shape index (κ3) is 2.22. The number of hydrogen-bond donors (Lipinski definition) is 3. The maximum atomic E-state index is 11.6. The van der Waals surface area contributed by atoms with Gasteiger partial charge in [-0.25, -0.2) is 9.78 Å². The number of hydrogen-bond acceptors (Lipinski definition) is 7. The molecule has 2 aromatic rings. The second-order valence-electron chi connectivity index (χ2n) is 4.65. The molecule has 0 fully saturated rings. The van der Waals surface area contributed by atoms with Crippen molar-refractivity contribution in [2.45, 2.75) is 12.5 Å². The van der Waals surface area contributed by atoms with Crippen molar-refractivity contribution in [1.29, 1.82) is 0 Å². The first kappa shape index (κ1) is 13.2. The molecule has 1 aromatic heterocycles. The molecular formula is C14H13N3O4. The molecule has 0 aliphatic carbocycles. The Morgan fingerprint density at radius 3 is 2.81 bits per heavy atom. The van der Waals surface area contributed by atoms with Crippen LogP contribution < -0.4 is 5.32 Å². The monoisotopic (exact) mass is 287 g/mol. The van der Waals surface area contributed by atoms with E-state index in [-0.39, 0.29) is 17.6 Å². The van der Waals surface area contributed by atoms with E-state index in [4.69, 9.17) is 0 Å². The average molecular weight is 287 g/mol.